The van der Waals surface area contributed by atoms with Crippen molar-refractivity contribution in [3.05, 3.63) is 36.3 Å². The van der Waals surface area contributed by atoms with E-state index in [-0.39, 0.29) is 17.8 Å². The zero-order valence-corrected chi connectivity index (χ0v) is 16.3. The average Bonchev–Trinajstić information content (AvgIpc) is 2.58. The Bertz CT molecular complexity index is 885. The number of hydrogen-bond donors (Lipinski definition) is 0. The summed E-state index contributed by atoms with van der Waals surface area (Å²) < 4.78 is 39.5. The molecule has 0 bridgehead atoms. The summed E-state index contributed by atoms with van der Waals surface area (Å²) in [5.74, 6) is -0.0268. The van der Waals surface area contributed by atoms with Crippen molar-refractivity contribution in [1.82, 2.24) is 9.29 Å². The number of fused-ring (bicyclic) bond motifs is 1. The van der Waals surface area contributed by atoms with Crippen LogP contribution in [0.25, 0.3) is 10.9 Å². The highest BCUT2D eigenvalue weighted by Gasteiger charge is 2.28. The Balaban J connectivity index is 1.84. The lowest BCUT2D eigenvalue weighted by Crippen LogP contribution is -2.45. The Morgan fingerprint density at radius 1 is 1.35 bits per heavy atom. The third kappa shape index (κ3) is 4.15. The topological polar surface area (TPSA) is 53.5 Å². The van der Waals surface area contributed by atoms with Crippen LogP contribution in [0.1, 0.15) is 26.7 Å². The van der Waals surface area contributed by atoms with Gasteiger partial charge in [0.2, 0.25) is 10.0 Å². The van der Waals surface area contributed by atoms with Gasteiger partial charge in [0.1, 0.15) is 5.82 Å². The number of piperidine rings is 1. The van der Waals surface area contributed by atoms with Crippen LogP contribution in [-0.2, 0) is 10.0 Å². The molecule has 26 heavy (non-hydrogen) atoms. The molecule has 2 aromatic rings. The van der Waals surface area contributed by atoms with E-state index in [1.54, 1.807) is 16.6 Å². The van der Waals surface area contributed by atoms with Crippen molar-refractivity contribution < 1.29 is 12.8 Å². The summed E-state index contributed by atoms with van der Waals surface area (Å²) >= 11 is 0. The molecule has 142 valence electrons. The lowest BCUT2D eigenvalue weighted by Gasteiger charge is -2.37. The minimum Gasteiger partial charge on any atom is -0.371 e. The highest BCUT2D eigenvalue weighted by Crippen LogP contribution is 2.30. The van der Waals surface area contributed by atoms with Gasteiger partial charge in [-0.3, -0.25) is 4.98 Å². The molecular weight excluding hydrogens is 353 g/mol. The van der Waals surface area contributed by atoms with Crippen LogP contribution in [0.15, 0.2) is 30.5 Å². The van der Waals surface area contributed by atoms with E-state index in [1.165, 1.54) is 18.4 Å². The predicted molar refractivity (Wildman–Crippen MR) is 103 cm³/mol. The smallest absolute Gasteiger partial charge is 0.211 e. The van der Waals surface area contributed by atoms with Gasteiger partial charge in [0.05, 0.1) is 11.8 Å². The third-order valence-electron chi connectivity index (χ3n) is 4.98. The molecular formula is C19H26FN3O2S. The number of pyridine rings is 1. The van der Waals surface area contributed by atoms with Gasteiger partial charge in [-0.1, -0.05) is 0 Å². The summed E-state index contributed by atoms with van der Waals surface area (Å²) in [4.78, 5) is 6.55. The molecule has 1 aliphatic rings. The Hall–Kier alpha value is -1.73. The predicted octanol–water partition coefficient (Wildman–Crippen LogP) is 3.26. The molecule has 1 unspecified atom stereocenters. The number of anilines is 1. The van der Waals surface area contributed by atoms with Crippen LogP contribution in [0, 0.1) is 11.7 Å². The van der Waals surface area contributed by atoms with E-state index >= 15 is 0 Å². The Labute approximate surface area is 154 Å². The molecule has 1 aliphatic heterocycles. The van der Waals surface area contributed by atoms with Crippen molar-refractivity contribution in [2.24, 2.45) is 5.92 Å². The number of halogens is 1. The summed E-state index contributed by atoms with van der Waals surface area (Å²) in [5, 5.41) is 0.803. The summed E-state index contributed by atoms with van der Waals surface area (Å²) in [6, 6.07) is 6.50. The lowest BCUT2D eigenvalue weighted by atomic mass is 9.96. The van der Waals surface area contributed by atoms with Crippen molar-refractivity contribution in [2.75, 3.05) is 30.8 Å². The van der Waals surface area contributed by atoms with Crippen LogP contribution >= 0.6 is 0 Å². The van der Waals surface area contributed by atoms with Crippen molar-refractivity contribution in [3.8, 4) is 0 Å². The SMILES string of the molecule is CC(C)N(CC1CCCN(c2ccnc3ccc(F)cc23)C1)S(C)(=O)=O. The van der Waals surface area contributed by atoms with Crippen LogP contribution in [-0.4, -0.2) is 49.6 Å². The zero-order chi connectivity index (χ0) is 18.9. The summed E-state index contributed by atoms with van der Waals surface area (Å²) in [7, 11) is -3.23. The summed E-state index contributed by atoms with van der Waals surface area (Å²) in [6.07, 6.45) is 5.00. The molecule has 0 N–H and O–H groups in total. The third-order valence-corrected chi connectivity index (χ3v) is 6.40. The van der Waals surface area contributed by atoms with Gasteiger partial charge in [0.25, 0.3) is 0 Å². The molecule has 0 amide bonds. The first-order chi connectivity index (χ1) is 12.3. The molecule has 3 rings (SSSR count). The molecule has 1 atom stereocenters. The van der Waals surface area contributed by atoms with Crippen LogP contribution in [0.2, 0.25) is 0 Å². The Kier molecular flexibility index (Phi) is 5.48. The van der Waals surface area contributed by atoms with Gasteiger partial charge >= 0.3 is 0 Å². The number of sulfonamides is 1. The summed E-state index contributed by atoms with van der Waals surface area (Å²) in [6.45, 7) is 5.97. The second-order valence-electron chi connectivity index (χ2n) is 7.37. The second kappa shape index (κ2) is 7.48. The number of benzene rings is 1. The maximum atomic E-state index is 13.7. The fraction of sp³-hybridized carbons (Fsp3) is 0.526. The normalized spacial score (nSPS) is 18.8. The largest absolute Gasteiger partial charge is 0.371 e. The average molecular weight is 380 g/mol. The maximum Gasteiger partial charge on any atom is 0.211 e. The van der Waals surface area contributed by atoms with E-state index in [1.807, 2.05) is 19.9 Å². The molecule has 1 aromatic carbocycles. The van der Waals surface area contributed by atoms with E-state index in [2.05, 4.69) is 9.88 Å². The number of nitrogens with zero attached hydrogens (tertiary/aromatic N) is 3. The minimum absolute atomic E-state index is 0.0590. The first-order valence-electron chi connectivity index (χ1n) is 9.01. The standard InChI is InChI=1S/C19H26FN3O2S/c1-14(2)23(26(3,24)25)13-15-5-4-10-22(12-15)19-8-9-21-18-7-6-16(20)11-17(18)19/h6-9,11,14-15H,4-5,10,12-13H2,1-3H3. The van der Waals surface area contributed by atoms with Gasteiger partial charge in [-0.15, -0.1) is 0 Å². The van der Waals surface area contributed by atoms with Crippen LogP contribution < -0.4 is 4.90 Å². The first kappa shape index (κ1) is 19.0. The van der Waals surface area contributed by atoms with Gasteiger partial charge in [0.15, 0.2) is 0 Å². The fourth-order valence-corrected chi connectivity index (χ4v) is 5.04. The van der Waals surface area contributed by atoms with Crippen molar-refractivity contribution in [1.29, 1.82) is 0 Å². The molecule has 0 aliphatic carbocycles. The molecule has 5 nitrogen and oxygen atoms in total. The quantitative estimate of drug-likeness (QED) is 0.800. The van der Waals surface area contributed by atoms with E-state index in [0.29, 0.717) is 6.54 Å². The molecule has 0 saturated carbocycles. The fourth-order valence-electron chi connectivity index (χ4n) is 3.80. The number of rotatable bonds is 5. The highest BCUT2D eigenvalue weighted by molar-refractivity contribution is 7.88. The Morgan fingerprint density at radius 2 is 2.12 bits per heavy atom. The second-order valence-corrected chi connectivity index (χ2v) is 9.31. The van der Waals surface area contributed by atoms with Gasteiger partial charge < -0.3 is 4.90 Å². The van der Waals surface area contributed by atoms with Gasteiger partial charge in [-0.2, -0.15) is 4.31 Å². The molecule has 0 spiro atoms. The Morgan fingerprint density at radius 3 is 2.81 bits per heavy atom. The van der Waals surface area contributed by atoms with E-state index in [4.69, 9.17) is 0 Å². The van der Waals surface area contributed by atoms with Gasteiger partial charge in [0, 0.05) is 42.9 Å². The van der Waals surface area contributed by atoms with Gasteiger partial charge in [-0.25, -0.2) is 12.8 Å². The van der Waals surface area contributed by atoms with Crippen LogP contribution in [0.5, 0.6) is 0 Å². The van der Waals surface area contributed by atoms with Crippen molar-refractivity contribution >= 4 is 26.6 Å². The van der Waals surface area contributed by atoms with Crippen LogP contribution in [0.3, 0.4) is 0 Å². The molecule has 0 radical (unpaired) electrons. The van der Waals surface area contributed by atoms with Gasteiger partial charge in [-0.05, 0) is 56.9 Å². The van der Waals surface area contributed by atoms with Crippen LogP contribution in [0.4, 0.5) is 10.1 Å². The number of aromatic nitrogens is 1. The maximum absolute atomic E-state index is 13.7. The molecule has 1 fully saturated rings. The highest BCUT2D eigenvalue weighted by atomic mass is 32.2. The first-order valence-corrected chi connectivity index (χ1v) is 10.9. The van der Waals surface area contributed by atoms with Crippen molar-refractivity contribution in [2.45, 2.75) is 32.7 Å². The molecule has 2 heterocycles. The lowest BCUT2D eigenvalue weighted by molar-refractivity contribution is 0.277. The number of hydrogen-bond acceptors (Lipinski definition) is 4. The van der Waals surface area contributed by atoms with E-state index in [9.17, 15) is 12.8 Å². The minimum atomic E-state index is -3.23. The molecule has 7 heteroatoms. The van der Waals surface area contributed by atoms with Crippen molar-refractivity contribution in [3.63, 3.8) is 0 Å². The van der Waals surface area contributed by atoms with E-state index in [0.717, 1.165) is 42.5 Å². The molecule has 1 aromatic heterocycles. The monoisotopic (exact) mass is 379 g/mol. The van der Waals surface area contributed by atoms with E-state index < -0.39 is 10.0 Å². The zero-order valence-electron chi connectivity index (χ0n) is 15.5. The molecule has 1 saturated heterocycles. The summed E-state index contributed by atoms with van der Waals surface area (Å²) in [5.41, 5.74) is 1.74.